The van der Waals surface area contributed by atoms with E-state index in [4.69, 9.17) is 20.1 Å². The number of aromatic nitrogens is 2. The summed E-state index contributed by atoms with van der Waals surface area (Å²) in [6.07, 6.45) is 2.11. The number of hydrogen-bond acceptors (Lipinski definition) is 6. The van der Waals surface area contributed by atoms with Crippen LogP contribution in [0.4, 0.5) is 0 Å². The van der Waals surface area contributed by atoms with Gasteiger partial charge in [-0.05, 0) is 19.8 Å². The Labute approximate surface area is 101 Å². The van der Waals surface area contributed by atoms with Crippen LogP contribution in [0.5, 0.6) is 0 Å². The smallest absolute Gasteiger partial charge is 0.243 e. The Hall–Kier alpha value is -0.980. The molecule has 0 saturated carbocycles. The van der Waals surface area contributed by atoms with Crippen molar-refractivity contribution in [2.45, 2.75) is 45.3 Å². The molecule has 1 rings (SSSR count). The number of rotatable bonds is 8. The van der Waals surface area contributed by atoms with Crippen molar-refractivity contribution in [3.8, 4) is 0 Å². The third-order valence-electron chi connectivity index (χ3n) is 2.42. The highest BCUT2D eigenvalue weighted by atomic mass is 16.5. The molecule has 0 saturated heterocycles. The molecule has 2 unspecified atom stereocenters. The first-order chi connectivity index (χ1) is 8.22. The summed E-state index contributed by atoms with van der Waals surface area (Å²) in [7, 11) is 0. The van der Waals surface area contributed by atoms with Crippen LogP contribution in [0.15, 0.2) is 4.52 Å². The molecule has 0 aliphatic rings. The molecule has 0 aliphatic heterocycles. The lowest BCUT2D eigenvalue weighted by Crippen LogP contribution is -2.13. The molecule has 0 aliphatic carbocycles. The van der Waals surface area contributed by atoms with Crippen LogP contribution < -0.4 is 5.73 Å². The summed E-state index contributed by atoms with van der Waals surface area (Å²) in [5.41, 5.74) is 5.77. The summed E-state index contributed by atoms with van der Waals surface area (Å²) < 4.78 is 10.6. The second-order valence-electron chi connectivity index (χ2n) is 3.84. The molecule has 1 aromatic rings. The highest BCUT2D eigenvalue weighted by Crippen LogP contribution is 2.21. The van der Waals surface area contributed by atoms with Crippen molar-refractivity contribution in [1.82, 2.24) is 10.1 Å². The molecule has 6 nitrogen and oxygen atoms in total. The lowest BCUT2D eigenvalue weighted by atomic mass is 10.2. The van der Waals surface area contributed by atoms with Gasteiger partial charge in [0.05, 0.1) is 6.04 Å². The molecule has 0 fully saturated rings. The maximum Gasteiger partial charge on any atom is 0.243 e. The zero-order chi connectivity index (χ0) is 12.7. The van der Waals surface area contributed by atoms with E-state index in [0.717, 1.165) is 12.8 Å². The Kier molecular flexibility index (Phi) is 6.10. The highest BCUT2D eigenvalue weighted by molar-refractivity contribution is 4.95. The van der Waals surface area contributed by atoms with Gasteiger partial charge in [-0.3, -0.25) is 0 Å². The molecule has 3 N–H and O–H groups in total. The minimum atomic E-state index is -0.412. The number of hydrogen-bond donors (Lipinski definition) is 2. The molecule has 0 radical (unpaired) electrons. The third-order valence-corrected chi connectivity index (χ3v) is 2.42. The predicted molar refractivity (Wildman–Crippen MR) is 62.2 cm³/mol. The van der Waals surface area contributed by atoms with E-state index in [2.05, 4.69) is 17.1 Å². The van der Waals surface area contributed by atoms with E-state index >= 15 is 0 Å². The van der Waals surface area contributed by atoms with Gasteiger partial charge in [0.15, 0.2) is 0 Å². The Morgan fingerprint density at radius 3 is 2.76 bits per heavy atom. The fraction of sp³-hybridized carbons (Fsp3) is 0.818. The van der Waals surface area contributed by atoms with Crippen LogP contribution in [0.1, 0.15) is 57.0 Å². The van der Waals surface area contributed by atoms with Gasteiger partial charge in [-0.15, -0.1) is 0 Å². The molecule has 1 heterocycles. The zero-order valence-corrected chi connectivity index (χ0v) is 10.4. The summed E-state index contributed by atoms with van der Waals surface area (Å²) in [4.78, 5) is 4.23. The van der Waals surface area contributed by atoms with E-state index < -0.39 is 6.04 Å². The summed E-state index contributed by atoms with van der Waals surface area (Å²) >= 11 is 0. The molecular weight excluding hydrogens is 222 g/mol. The van der Waals surface area contributed by atoms with Gasteiger partial charge in [0.2, 0.25) is 11.7 Å². The minimum absolute atomic E-state index is 0.00271. The minimum Gasteiger partial charge on any atom is -0.396 e. The van der Waals surface area contributed by atoms with Crippen LogP contribution in [-0.4, -0.2) is 28.5 Å². The first-order valence-corrected chi connectivity index (χ1v) is 6.04. The van der Waals surface area contributed by atoms with Gasteiger partial charge in [-0.25, -0.2) is 0 Å². The maximum atomic E-state index is 8.79. The normalized spacial score (nSPS) is 14.8. The molecule has 17 heavy (non-hydrogen) atoms. The second kappa shape index (κ2) is 7.37. The molecule has 1 aromatic heterocycles. The number of nitrogens with zero attached hydrogens (tertiary/aromatic N) is 2. The molecule has 0 amide bonds. The van der Waals surface area contributed by atoms with Gasteiger partial charge in [-0.1, -0.05) is 18.5 Å². The lowest BCUT2D eigenvalue weighted by Gasteiger charge is -2.11. The van der Waals surface area contributed by atoms with E-state index in [0.29, 0.717) is 24.7 Å². The molecule has 2 atom stereocenters. The molecule has 0 bridgehead atoms. The number of nitrogens with two attached hydrogens (primary N) is 1. The third kappa shape index (κ3) is 4.07. The number of aliphatic hydroxyl groups excluding tert-OH is 1. The summed E-state index contributed by atoms with van der Waals surface area (Å²) in [5, 5.41) is 12.7. The van der Waals surface area contributed by atoms with Gasteiger partial charge in [-0.2, -0.15) is 4.98 Å². The van der Waals surface area contributed by atoms with Crippen molar-refractivity contribution in [2.75, 3.05) is 13.2 Å². The fourth-order valence-electron chi connectivity index (χ4n) is 1.54. The van der Waals surface area contributed by atoms with Gasteiger partial charge in [0.25, 0.3) is 0 Å². The Morgan fingerprint density at radius 2 is 2.18 bits per heavy atom. The predicted octanol–water partition coefficient (Wildman–Crippen LogP) is 1.33. The van der Waals surface area contributed by atoms with Crippen molar-refractivity contribution >= 4 is 0 Å². The number of aliphatic hydroxyl groups is 1. The van der Waals surface area contributed by atoms with Gasteiger partial charge in [0, 0.05) is 13.2 Å². The van der Waals surface area contributed by atoms with Crippen LogP contribution in [0.25, 0.3) is 0 Å². The zero-order valence-electron chi connectivity index (χ0n) is 10.4. The van der Waals surface area contributed by atoms with Crippen LogP contribution in [-0.2, 0) is 4.74 Å². The van der Waals surface area contributed by atoms with Gasteiger partial charge in [0.1, 0.15) is 6.10 Å². The molecule has 98 valence electrons. The first-order valence-electron chi connectivity index (χ1n) is 6.04. The second-order valence-corrected chi connectivity index (χ2v) is 3.84. The van der Waals surface area contributed by atoms with Gasteiger partial charge >= 0.3 is 0 Å². The Bertz CT molecular complexity index is 311. The Balaban J connectivity index is 2.69. The van der Waals surface area contributed by atoms with E-state index in [1.165, 1.54) is 0 Å². The van der Waals surface area contributed by atoms with Gasteiger partial charge < -0.3 is 20.1 Å². The number of ether oxygens (including phenoxy) is 1. The van der Waals surface area contributed by atoms with Crippen molar-refractivity contribution in [3.05, 3.63) is 11.7 Å². The lowest BCUT2D eigenvalue weighted by molar-refractivity contribution is 0.0477. The van der Waals surface area contributed by atoms with Crippen LogP contribution in [0.2, 0.25) is 0 Å². The highest BCUT2D eigenvalue weighted by Gasteiger charge is 2.20. The molecular formula is C11H21N3O3. The molecule has 0 spiro atoms. The summed E-state index contributed by atoms with van der Waals surface area (Å²) in [6.45, 7) is 4.62. The average Bonchev–Trinajstić information content (AvgIpc) is 2.78. The Morgan fingerprint density at radius 1 is 1.41 bits per heavy atom. The van der Waals surface area contributed by atoms with E-state index in [1.54, 1.807) is 0 Å². The van der Waals surface area contributed by atoms with E-state index in [1.807, 2.05) is 6.92 Å². The first kappa shape index (κ1) is 14.1. The fourth-order valence-corrected chi connectivity index (χ4v) is 1.54. The van der Waals surface area contributed by atoms with Crippen LogP contribution in [0, 0.1) is 0 Å². The van der Waals surface area contributed by atoms with Crippen molar-refractivity contribution in [1.29, 1.82) is 0 Å². The molecule has 6 heteroatoms. The van der Waals surface area contributed by atoms with Crippen LogP contribution >= 0.6 is 0 Å². The molecule has 0 aromatic carbocycles. The topological polar surface area (TPSA) is 94.4 Å². The van der Waals surface area contributed by atoms with Crippen molar-refractivity contribution in [2.24, 2.45) is 5.73 Å². The monoisotopic (exact) mass is 243 g/mol. The largest absolute Gasteiger partial charge is 0.396 e. The quantitative estimate of drug-likeness (QED) is 0.715. The van der Waals surface area contributed by atoms with E-state index in [9.17, 15) is 0 Å². The van der Waals surface area contributed by atoms with Crippen molar-refractivity contribution in [3.63, 3.8) is 0 Å². The van der Waals surface area contributed by atoms with E-state index in [-0.39, 0.29) is 12.7 Å². The maximum absolute atomic E-state index is 8.79. The van der Waals surface area contributed by atoms with Crippen molar-refractivity contribution < 1.29 is 14.4 Å². The van der Waals surface area contributed by atoms with Crippen LogP contribution in [0.3, 0.4) is 0 Å². The summed E-state index contributed by atoms with van der Waals surface area (Å²) in [6, 6.07) is -0.412. The summed E-state index contributed by atoms with van der Waals surface area (Å²) in [5.74, 6) is 0.895. The average molecular weight is 243 g/mol. The SMILES string of the molecule is CCCC(OCC)c1noc(C(N)CCO)n1. The standard InChI is InChI=1S/C11H21N3O3/c1-3-5-9(16-4-2)10-13-11(17-14-10)8(12)6-7-15/h8-9,15H,3-7,12H2,1-2H3.